The summed E-state index contributed by atoms with van der Waals surface area (Å²) in [6.45, 7) is 1.77. The van der Waals surface area contributed by atoms with E-state index in [4.69, 9.17) is 24.7 Å². The number of pyridine rings is 4. The molecule has 0 unspecified atom stereocenters. The fraction of sp³-hybridized carbons (Fsp3) is 0.171. The minimum atomic E-state index is -0.569. The van der Waals surface area contributed by atoms with Crippen LogP contribution in [0.1, 0.15) is 33.8 Å². The molecule has 0 aliphatic carbocycles. The van der Waals surface area contributed by atoms with E-state index in [1.165, 1.54) is 31.1 Å². The van der Waals surface area contributed by atoms with Crippen molar-refractivity contribution in [2.45, 2.75) is 12.8 Å². The molecule has 0 aromatic carbocycles. The van der Waals surface area contributed by atoms with Gasteiger partial charge in [-0.3, -0.25) is 19.6 Å². The van der Waals surface area contributed by atoms with Crippen molar-refractivity contribution in [3.8, 4) is 45.5 Å². The van der Waals surface area contributed by atoms with E-state index in [2.05, 4.69) is 50.6 Å². The van der Waals surface area contributed by atoms with Crippen molar-refractivity contribution in [3.05, 3.63) is 121 Å². The lowest BCUT2D eigenvalue weighted by Gasteiger charge is -2.09. The van der Waals surface area contributed by atoms with Crippen molar-refractivity contribution in [2.24, 2.45) is 5.73 Å². The monoisotopic (exact) mass is 828 g/mol. The maximum atomic E-state index is 11.5. The van der Waals surface area contributed by atoms with Gasteiger partial charge in [0.25, 0.3) is 11.8 Å². The highest BCUT2D eigenvalue weighted by molar-refractivity contribution is 7.17. The lowest BCUT2D eigenvalue weighted by Crippen LogP contribution is -2.18. The predicted octanol–water partition coefficient (Wildman–Crippen LogP) is 6.45. The molecule has 2 amide bonds. The first kappa shape index (κ1) is 40.0. The number of fused-ring (bicyclic) bond motifs is 2. The average molecular weight is 829 g/mol. The number of ether oxygens (including phenoxy) is 4. The minimum absolute atomic E-state index is 0.202. The van der Waals surface area contributed by atoms with Gasteiger partial charge in [-0.1, -0.05) is 6.07 Å². The normalized spacial score (nSPS) is 10.7. The van der Waals surface area contributed by atoms with E-state index in [9.17, 15) is 9.59 Å². The number of rotatable bonds is 16. The summed E-state index contributed by atoms with van der Waals surface area (Å²) >= 11 is 3.10. The number of amides is 2. The van der Waals surface area contributed by atoms with Crippen molar-refractivity contribution in [1.82, 2.24) is 45.2 Å². The van der Waals surface area contributed by atoms with Crippen molar-refractivity contribution in [2.75, 3.05) is 33.5 Å². The first-order valence-corrected chi connectivity index (χ1v) is 19.9. The van der Waals surface area contributed by atoms with Gasteiger partial charge in [0.05, 0.1) is 49.6 Å². The molecule has 8 aromatic heterocycles. The fourth-order valence-corrected chi connectivity index (χ4v) is 7.38. The summed E-state index contributed by atoms with van der Waals surface area (Å²) in [5.41, 5.74) is 9.80. The van der Waals surface area contributed by atoms with E-state index in [0.717, 1.165) is 42.7 Å². The largest absolute Gasteiger partial charge is 0.492 e. The van der Waals surface area contributed by atoms with Crippen molar-refractivity contribution in [1.29, 1.82) is 0 Å². The number of carbonyl (C=O) groups is 2. The maximum Gasteiger partial charge on any atom is 0.269 e. The molecule has 0 radical (unpaired) electrons. The highest BCUT2D eigenvalue weighted by Gasteiger charge is 2.16. The Kier molecular flexibility index (Phi) is 13.4. The highest BCUT2D eigenvalue weighted by Crippen LogP contribution is 2.38. The standard InChI is InChI=1S/C21H19N5O3S.C20H17N5O3S/c1-22-19(27)17-4-3-15(11-24-17)28-9-2-10-29-20-18-16(14-5-7-23-8-6-14)12-30-21(18)26-13-25-20;21-18(26)16-5-4-14(10-23-16)27-7-2-8-28-19-17-15(13-3-1-6-22-9-13)11-29-20(17)25-12-24-19/h3-8,11-13H,2,9-10H2,1H3,(H,22,27);1,3-6,9-12H,2,7-8H2,(H2,21,26). The van der Waals surface area contributed by atoms with Gasteiger partial charge >= 0.3 is 0 Å². The van der Waals surface area contributed by atoms with Crippen LogP contribution in [0.5, 0.6) is 23.3 Å². The van der Waals surface area contributed by atoms with Crippen LogP contribution in [-0.2, 0) is 0 Å². The van der Waals surface area contributed by atoms with Gasteiger partial charge in [-0.25, -0.2) is 29.9 Å². The van der Waals surface area contributed by atoms with Gasteiger partial charge in [0.1, 0.15) is 45.2 Å². The number of hydrogen-bond donors (Lipinski definition) is 2. The second-order valence-electron chi connectivity index (χ2n) is 12.3. The van der Waals surface area contributed by atoms with Gasteiger partial charge in [0.2, 0.25) is 11.8 Å². The molecular formula is C41H36N10O6S2. The molecule has 0 spiro atoms. The first-order chi connectivity index (χ1) is 29.0. The molecule has 0 atom stereocenters. The molecular weight excluding hydrogens is 793 g/mol. The van der Waals surface area contributed by atoms with Crippen LogP contribution in [0.3, 0.4) is 0 Å². The molecule has 0 aliphatic rings. The van der Waals surface area contributed by atoms with Crippen molar-refractivity contribution in [3.63, 3.8) is 0 Å². The topological polar surface area (TPSA) is 212 Å². The van der Waals surface area contributed by atoms with Gasteiger partial charge in [-0.05, 0) is 48.0 Å². The molecule has 16 nitrogen and oxygen atoms in total. The van der Waals surface area contributed by atoms with Gasteiger partial charge in [-0.2, -0.15) is 0 Å². The smallest absolute Gasteiger partial charge is 0.269 e. The number of nitrogens with zero attached hydrogens (tertiary/aromatic N) is 8. The number of primary amides is 1. The fourth-order valence-electron chi connectivity index (χ4n) is 5.57. The van der Waals surface area contributed by atoms with E-state index in [-0.39, 0.29) is 11.6 Å². The van der Waals surface area contributed by atoms with Crippen LogP contribution in [-0.4, -0.2) is 85.2 Å². The molecule has 0 saturated carbocycles. The third-order valence-electron chi connectivity index (χ3n) is 8.41. The third kappa shape index (κ3) is 10.2. The SMILES string of the molecule is CNC(=O)c1ccc(OCCCOc2ncnc3scc(-c4ccncc4)c23)cn1.NC(=O)c1ccc(OCCCOc2ncnc3scc(-c4cccnc4)c23)cn1. The molecule has 3 N–H and O–H groups in total. The van der Waals surface area contributed by atoms with Crippen LogP contribution >= 0.6 is 22.7 Å². The summed E-state index contributed by atoms with van der Waals surface area (Å²) in [4.78, 5) is 57.9. The van der Waals surface area contributed by atoms with Crippen LogP contribution in [0, 0.1) is 0 Å². The summed E-state index contributed by atoms with van der Waals surface area (Å²) in [5, 5.41) is 8.41. The Morgan fingerprint density at radius 3 is 1.68 bits per heavy atom. The summed E-state index contributed by atoms with van der Waals surface area (Å²) in [5.74, 6) is 1.47. The quantitative estimate of drug-likeness (QED) is 0.100. The van der Waals surface area contributed by atoms with Gasteiger partial charge < -0.3 is 30.0 Å². The second kappa shape index (κ2) is 19.8. The van der Waals surface area contributed by atoms with Gasteiger partial charge in [-0.15, -0.1) is 22.7 Å². The zero-order chi connectivity index (χ0) is 40.8. The number of nitrogens with one attached hydrogen (secondary N) is 1. The molecule has 0 aliphatic heterocycles. The van der Waals surface area contributed by atoms with E-state index < -0.39 is 5.91 Å². The molecule has 298 valence electrons. The van der Waals surface area contributed by atoms with Gasteiger partial charge in [0, 0.05) is 72.1 Å². The predicted molar refractivity (Wildman–Crippen MR) is 223 cm³/mol. The highest BCUT2D eigenvalue weighted by atomic mass is 32.1. The lowest BCUT2D eigenvalue weighted by molar-refractivity contribution is 0.0956. The minimum Gasteiger partial charge on any atom is -0.492 e. The second-order valence-corrected chi connectivity index (χ2v) is 14.0. The van der Waals surface area contributed by atoms with E-state index in [1.807, 2.05) is 35.8 Å². The van der Waals surface area contributed by atoms with E-state index >= 15 is 0 Å². The van der Waals surface area contributed by atoms with Crippen LogP contribution in [0.25, 0.3) is 42.7 Å². The zero-order valence-corrected chi connectivity index (χ0v) is 33.2. The Balaban J connectivity index is 0.000000179. The summed E-state index contributed by atoms with van der Waals surface area (Å²) < 4.78 is 23.1. The van der Waals surface area contributed by atoms with Crippen LogP contribution in [0.15, 0.2) is 109 Å². The number of hydrogen-bond acceptors (Lipinski definition) is 16. The van der Waals surface area contributed by atoms with Crippen LogP contribution in [0.2, 0.25) is 0 Å². The zero-order valence-electron chi connectivity index (χ0n) is 31.6. The Labute approximate surface area is 345 Å². The summed E-state index contributed by atoms with van der Waals surface area (Å²) in [6, 6.07) is 14.3. The molecule has 59 heavy (non-hydrogen) atoms. The van der Waals surface area contributed by atoms with E-state index in [0.29, 0.717) is 68.2 Å². The Bertz CT molecular complexity index is 2610. The number of thiophene rings is 2. The van der Waals surface area contributed by atoms with Crippen LogP contribution in [0.4, 0.5) is 0 Å². The first-order valence-electron chi connectivity index (χ1n) is 18.2. The number of carbonyl (C=O) groups excluding carboxylic acids is 2. The third-order valence-corrected chi connectivity index (χ3v) is 10.2. The summed E-state index contributed by atoms with van der Waals surface area (Å²) in [6.07, 6.45) is 14.4. The molecule has 0 fully saturated rings. The van der Waals surface area contributed by atoms with Crippen molar-refractivity contribution >= 4 is 54.9 Å². The molecule has 8 heterocycles. The van der Waals surface area contributed by atoms with Gasteiger partial charge in [0.15, 0.2) is 0 Å². The Morgan fingerprint density at radius 1 is 0.610 bits per heavy atom. The Hall–Kier alpha value is -7.18. The lowest BCUT2D eigenvalue weighted by atomic mass is 10.1. The molecule has 0 bridgehead atoms. The Morgan fingerprint density at radius 2 is 1.17 bits per heavy atom. The molecule has 0 saturated heterocycles. The summed E-state index contributed by atoms with van der Waals surface area (Å²) in [7, 11) is 1.57. The number of aromatic nitrogens is 8. The van der Waals surface area contributed by atoms with E-state index in [1.54, 1.807) is 66.5 Å². The van der Waals surface area contributed by atoms with Crippen molar-refractivity contribution < 1.29 is 28.5 Å². The average Bonchev–Trinajstić information content (AvgIpc) is 3.93. The maximum absolute atomic E-state index is 11.5. The molecule has 18 heteroatoms. The van der Waals surface area contributed by atoms with Crippen LogP contribution < -0.4 is 30.0 Å². The molecule has 8 aromatic rings. The number of nitrogens with two attached hydrogens (primary N) is 1. The molecule has 8 rings (SSSR count).